The number of allylic oxidation sites excluding steroid dienone is 4. The summed E-state index contributed by atoms with van der Waals surface area (Å²) in [4.78, 5) is 17.5. The number of furan rings is 1. The molecule has 0 spiro atoms. The van der Waals surface area contributed by atoms with E-state index in [-0.39, 0.29) is 40.8 Å². The van der Waals surface area contributed by atoms with Gasteiger partial charge in [-0.3, -0.25) is 9.10 Å². The van der Waals surface area contributed by atoms with Gasteiger partial charge in [-0.25, -0.2) is 22.2 Å². The van der Waals surface area contributed by atoms with Crippen molar-refractivity contribution < 1.29 is 31.1 Å². The highest BCUT2D eigenvalue weighted by molar-refractivity contribution is 7.92. The Labute approximate surface area is 247 Å². The highest BCUT2D eigenvalue weighted by atomic mass is 32.2. The molecular weight excluding hydrogens is 576 g/mol. The highest BCUT2D eigenvalue weighted by Gasteiger charge is 2.26. The fraction of sp³-hybridized carbons (Fsp3) is 0.125. The van der Waals surface area contributed by atoms with Crippen LogP contribution in [0, 0.1) is 5.82 Å². The second kappa shape index (κ2) is 11.7. The van der Waals surface area contributed by atoms with Crippen molar-refractivity contribution in [2.45, 2.75) is 0 Å². The molecule has 11 heteroatoms. The minimum absolute atomic E-state index is 0.0115. The van der Waals surface area contributed by atoms with Gasteiger partial charge >= 0.3 is 0 Å². The Morgan fingerprint density at radius 1 is 1.09 bits per heavy atom. The van der Waals surface area contributed by atoms with Gasteiger partial charge in [-0.15, -0.1) is 0 Å². The number of benzene rings is 3. The van der Waals surface area contributed by atoms with E-state index >= 15 is 0 Å². The summed E-state index contributed by atoms with van der Waals surface area (Å²) in [7, 11) is -0.836. The summed E-state index contributed by atoms with van der Waals surface area (Å²) in [5.74, 6) is -1.01. The number of nitrogens with one attached hydrogen (secondary N) is 1. The van der Waals surface area contributed by atoms with Crippen molar-refractivity contribution in [3.05, 3.63) is 114 Å². The number of aliphatic imine (C=N–C) groups is 1. The molecule has 43 heavy (non-hydrogen) atoms. The molecule has 0 unspecified atom stereocenters. The maximum Gasteiger partial charge on any atom is 0.255 e. The molecule has 1 aliphatic heterocycles. The normalized spacial score (nSPS) is 14.5. The number of rotatable bonds is 8. The van der Waals surface area contributed by atoms with Crippen molar-refractivity contribution >= 4 is 38.5 Å². The van der Waals surface area contributed by atoms with Crippen LogP contribution in [0.5, 0.6) is 0 Å². The molecule has 0 saturated heterocycles. The van der Waals surface area contributed by atoms with E-state index in [1.54, 1.807) is 36.4 Å². The van der Waals surface area contributed by atoms with Gasteiger partial charge in [0.2, 0.25) is 15.9 Å². The summed E-state index contributed by atoms with van der Waals surface area (Å²) < 4.78 is 66.4. The molecule has 1 amide bonds. The molecule has 0 radical (unpaired) electrons. The van der Waals surface area contributed by atoms with E-state index in [4.69, 9.17) is 9.15 Å². The van der Waals surface area contributed by atoms with Crippen LogP contribution in [-0.4, -0.2) is 47.1 Å². The van der Waals surface area contributed by atoms with Crippen LogP contribution in [-0.2, 0) is 14.8 Å². The first-order valence-corrected chi connectivity index (χ1v) is 14.9. The molecule has 220 valence electrons. The second-order valence-electron chi connectivity index (χ2n) is 9.66. The number of halogens is 2. The summed E-state index contributed by atoms with van der Waals surface area (Å²) in [5, 5.41) is 3.03. The van der Waals surface area contributed by atoms with E-state index in [2.05, 4.69) is 16.9 Å². The third kappa shape index (κ3) is 5.84. The van der Waals surface area contributed by atoms with Gasteiger partial charge in [0.1, 0.15) is 23.7 Å². The van der Waals surface area contributed by atoms with Crippen molar-refractivity contribution in [1.29, 1.82) is 0 Å². The average Bonchev–Trinajstić information content (AvgIpc) is 3.64. The fourth-order valence-electron chi connectivity index (χ4n) is 4.62. The Morgan fingerprint density at radius 2 is 1.81 bits per heavy atom. The summed E-state index contributed by atoms with van der Waals surface area (Å²) >= 11 is 0. The Bertz CT molecular complexity index is 1960. The van der Waals surface area contributed by atoms with Gasteiger partial charge in [-0.2, -0.15) is 0 Å². The molecule has 0 aliphatic carbocycles. The zero-order chi connectivity index (χ0) is 30.9. The van der Waals surface area contributed by atoms with Gasteiger partial charge in [0.15, 0.2) is 11.6 Å². The van der Waals surface area contributed by atoms with Crippen LogP contribution < -0.4 is 9.62 Å². The number of ether oxygens (including phenoxy) is 1. The van der Waals surface area contributed by atoms with Crippen LogP contribution in [0.2, 0.25) is 0 Å². The molecule has 0 saturated carbocycles. The number of anilines is 1. The van der Waals surface area contributed by atoms with Crippen LogP contribution >= 0.6 is 0 Å². The van der Waals surface area contributed by atoms with E-state index < -0.39 is 27.6 Å². The molecule has 0 fully saturated rings. The lowest BCUT2D eigenvalue weighted by atomic mass is 9.97. The second-order valence-corrected chi connectivity index (χ2v) is 11.7. The molecule has 2 heterocycles. The van der Waals surface area contributed by atoms with Crippen LogP contribution in [0.4, 0.5) is 14.5 Å². The molecular formula is C32H27F2N3O5S. The Kier molecular flexibility index (Phi) is 8.01. The molecule has 5 rings (SSSR count). The van der Waals surface area contributed by atoms with E-state index in [1.807, 2.05) is 0 Å². The molecule has 1 aromatic heterocycles. The Hall–Kier alpha value is -5.03. The van der Waals surface area contributed by atoms with E-state index in [0.29, 0.717) is 27.6 Å². The number of sulfonamides is 1. The van der Waals surface area contributed by atoms with E-state index in [9.17, 15) is 22.0 Å². The number of carbonyl (C=O) groups excluding carboxylic acids is 1. The van der Waals surface area contributed by atoms with Crippen LogP contribution in [0.15, 0.2) is 106 Å². The van der Waals surface area contributed by atoms with Crippen LogP contribution in [0.1, 0.15) is 15.9 Å². The molecule has 4 aromatic rings. The number of fused-ring (bicyclic) bond motifs is 1. The summed E-state index contributed by atoms with van der Waals surface area (Å²) in [6.07, 6.45) is 5.20. The standard InChI is InChI=1S/C32H27F2N3O5S/c1-5-6-10-25(34)28-18-36-32(42-28)21-9-7-8-20(15-21)23-16-24-27(17-26(23)37(3)43(4,39)40)41-30(29(24)31(38)35-2)19-11-13-22(33)14-12-19/h5-17H,1,18H2,2-4H3,(H,35,38)/b10-6-,28-25-. The number of nitrogens with zero attached hydrogens (tertiary/aromatic N) is 2. The molecule has 8 nitrogen and oxygen atoms in total. The maximum absolute atomic E-state index is 14.4. The van der Waals surface area contributed by atoms with Gasteiger partial charge in [0, 0.05) is 42.2 Å². The van der Waals surface area contributed by atoms with Gasteiger partial charge < -0.3 is 14.5 Å². The molecule has 1 aliphatic rings. The summed E-state index contributed by atoms with van der Waals surface area (Å²) in [6, 6.07) is 15.7. The van der Waals surface area contributed by atoms with E-state index in [1.165, 1.54) is 56.6 Å². The lowest BCUT2D eigenvalue weighted by molar-refractivity contribution is 0.0964. The third-order valence-corrected chi connectivity index (χ3v) is 8.05. The lowest BCUT2D eigenvalue weighted by Gasteiger charge is -2.21. The summed E-state index contributed by atoms with van der Waals surface area (Å²) in [6.45, 7) is 3.54. The Balaban J connectivity index is 1.70. The van der Waals surface area contributed by atoms with Crippen LogP contribution in [0.25, 0.3) is 33.4 Å². The van der Waals surface area contributed by atoms with Crippen LogP contribution in [0.3, 0.4) is 0 Å². The fourth-order valence-corrected chi connectivity index (χ4v) is 5.13. The quantitative estimate of drug-likeness (QED) is 0.236. The maximum atomic E-state index is 14.4. The highest BCUT2D eigenvalue weighted by Crippen LogP contribution is 2.41. The van der Waals surface area contributed by atoms with Crippen molar-refractivity contribution in [3.8, 4) is 22.5 Å². The monoisotopic (exact) mass is 603 g/mol. The number of hydrogen-bond donors (Lipinski definition) is 1. The van der Waals surface area contributed by atoms with Crippen molar-refractivity contribution in [3.63, 3.8) is 0 Å². The topological polar surface area (TPSA) is 101 Å². The number of hydrogen-bond acceptors (Lipinski definition) is 6. The predicted octanol–water partition coefficient (Wildman–Crippen LogP) is 6.36. The summed E-state index contributed by atoms with van der Waals surface area (Å²) in [5.41, 5.74) is 2.79. The predicted molar refractivity (Wildman–Crippen MR) is 164 cm³/mol. The first kappa shape index (κ1) is 29.5. The first-order chi connectivity index (χ1) is 20.5. The third-order valence-electron chi connectivity index (χ3n) is 6.86. The van der Waals surface area contributed by atoms with Crippen molar-refractivity contribution in [2.24, 2.45) is 4.99 Å². The first-order valence-electron chi connectivity index (χ1n) is 13.0. The SMILES string of the molecule is C=C/C=C\C(F)=C1/CN=C(c2cccc(-c3cc4c(C(=O)NC)c(-c5ccc(F)cc5)oc4cc3N(C)S(C)(=O)=O)c2)O1. The minimum atomic E-state index is -3.73. The van der Waals surface area contributed by atoms with Crippen molar-refractivity contribution in [2.75, 3.05) is 31.2 Å². The van der Waals surface area contributed by atoms with Crippen molar-refractivity contribution in [1.82, 2.24) is 5.32 Å². The zero-order valence-corrected chi connectivity index (χ0v) is 24.3. The molecule has 0 bridgehead atoms. The lowest BCUT2D eigenvalue weighted by Crippen LogP contribution is -2.25. The molecule has 0 atom stereocenters. The molecule has 1 N–H and O–H groups in total. The number of amides is 1. The minimum Gasteiger partial charge on any atom is -0.455 e. The van der Waals surface area contributed by atoms with Gasteiger partial charge in [0.25, 0.3) is 5.91 Å². The van der Waals surface area contributed by atoms with Gasteiger partial charge in [-0.1, -0.05) is 30.9 Å². The molecule has 3 aromatic carbocycles. The largest absolute Gasteiger partial charge is 0.455 e. The number of carbonyl (C=O) groups is 1. The Morgan fingerprint density at radius 3 is 2.49 bits per heavy atom. The van der Waals surface area contributed by atoms with Gasteiger partial charge in [-0.05, 0) is 54.1 Å². The zero-order valence-electron chi connectivity index (χ0n) is 23.5. The van der Waals surface area contributed by atoms with E-state index in [0.717, 1.165) is 10.6 Å². The smallest absolute Gasteiger partial charge is 0.255 e. The van der Waals surface area contributed by atoms with Gasteiger partial charge in [0.05, 0.1) is 17.5 Å². The average molecular weight is 604 g/mol.